The van der Waals surface area contributed by atoms with Crippen LogP contribution in [0.1, 0.15) is 0 Å². The average molecular weight is 329 g/mol. The number of rotatable bonds is 5. The van der Waals surface area contributed by atoms with Crippen molar-refractivity contribution in [2.75, 3.05) is 19.5 Å². The molecule has 1 aromatic heterocycles. The highest BCUT2D eigenvalue weighted by atomic mass is 32.1. The maximum atomic E-state index is 12.2. The molecule has 1 N–H and O–H groups in total. The van der Waals surface area contributed by atoms with E-state index in [0.717, 1.165) is 23.0 Å². The van der Waals surface area contributed by atoms with E-state index >= 15 is 0 Å². The first kappa shape index (κ1) is 15.1. The quantitative estimate of drug-likeness (QED) is 0.779. The minimum absolute atomic E-state index is 0.174. The lowest BCUT2D eigenvalue weighted by Crippen LogP contribution is -2.13. The van der Waals surface area contributed by atoms with Gasteiger partial charge in [-0.25, -0.2) is 4.57 Å². The molecule has 0 spiro atoms. The monoisotopic (exact) mass is 329 g/mol. The zero-order chi connectivity index (χ0) is 16.2. The minimum Gasteiger partial charge on any atom is -0.497 e. The Morgan fingerprint density at radius 1 is 1.04 bits per heavy atom. The summed E-state index contributed by atoms with van der Waals surface area (Å²) in [6.45, 7) is 0. The molecular weight excluding hydrogens is 314 g/mol. The van der Waals surface area contributed by atoms with E-state index in [1.165, 1.54) is 4.57 Å². The van der Waals surface area contributed by atoms with Crippen molar-refractivity contribution in [2.45, 2.75) is 0 Å². The zero-order valence-electron chi connectivity index (χ0n) is 12.6. The molecule has 3 aromatic rings. The van der Waals surface area contributed by atoms with Gasteiger partial charge in [-0.15, -0.1) is 0 Å². The topological polar surface area (TPSA) is 65.4 Å². The fourth-order valence-electron chi connectivity index (χ4n) is 2.16. The number of benzene rings is 2. The van der Waals surface area contributed by atoms with E-state index in [0.29, 0.717) is 17.4 Å². The number of nitrogens with zero attached hydrogens (tertiary/aromatic N) is 2. The van der Waals surface area contributed by atoms with Gasteiger partial charge >= 0.3 is 4.87 Å². The van der Waals surface area contributed by atoms with Gasteiger partial charge in [0.1, 0.15) is 11.5 Å². The van der Waals surface area contributed by atoms with Gasteiger partial charge in [0.2, 0.25) is 5.95 Å². The van der Waals surface area contributed by atoms with E-state index in [2.05, 4.69) is 9.69 Å². The molecule has 118 valence electrons. The van der Waals surface area contributed by atoms with Gasteiger partial charge in [0.25, 0.3) is 0 Å². The highest BCUT2D eigenvalue weighted by molar-refractivity contribution is 7.03. The van der Waals surface area contributed by atoms with Crippen LogP contribution in [-0.4, -0.2) is 23.2 Å². The van der Waals surface area contributed by atoms with Crippen molar-refractivity contribution in [1.29, 1.82) is 0 Å². The van der Waals surface area contributed by atoms with Gasteiger partial charge in [-0.3, -0.25) is 4.79 Å². The van der Waals surface area contributed by atoms with Crippen molar-refractivity contribution in [2.24, 2.45) is 0 Å². The molecule has 0 fully saturated rings. The number of methoxy groups -OCH3 is 2. The molecule has 0 saturated carbocycles. The maximum absolute atomic E-state index is 12.2. The number of nitrogens with one attached hydrogen (secondary N) is 1. The number of para-hydroxylation sites is 2. The van der Waals surface area contributed by atoms with Gasteiger partial charge in [0, 0.05) is 11.5 Å². The summed E-state index contributed by atoms with van der Waals surface area (Å²) in [4.78, 5) is 12.0. The van der Waals surface area contributed by atoms with Crippen LogP contribution >= 0.6 is 11.5 Å². The number of ether oxygens (including phenoxy) is 2. The fraction of sp³-hybridized carbons (Fsp3) is 0.125. The molecule has 0 aliphatic heterocycles. The number of aromatic nitrogens is 2. The van der Waals surface area contributed by atoms with Gasteiger partial charge in [0.05, 0.1) is 25.6 Å². The molecule has 0 bridgehead atoms. The second-order valence-electron chi connectivity index (χ2n) is 4.63. The average Bonchev–Trinajstić information content (AvgIpc) is 2.96. The molecule has 23 heavy (non-hydrogen) atoms. The van der Waals surface area contributed by atoms with Crippen LogP contribution in [-0.2, 0) is 0 Å². The molecule has 0 saturated heterocycles. The third-order valence-corrected chi connectivity index (χ3v) is 3.89. The van der Waals surface area contributed by atoms with Crippen molar-refractivity contribution in [3.8, 4) is 17.2 Å². The molecule has 2 aromatic carbocycles. The number of hydrogen-bond acceptors (Lipinski definition) is 6. The molecule has 6 nitrogen and oxygen atoms in total. The molecule has 3 rings (SSSR count). The van der Waals surface area contributed by atoms with Crippen molar-refractivity contribution in [3.05, 3.63) is 58.2 Å². The van der Waals surface area contributed by atoms with Gasteiger partial charge in [-0.1, -0.05) is 12.1 Å². The van der Waals surface area contributed by atoms with E-state index in [-0.39, 0.29) is 4.87 Å². The van der Waals surface area contributed by atoms with E-state index in [1.54, 1.807) is 26.4 Å². The third-order valence-electron chi connectivity index (χ3n) is 3.29. The Balaban J connectivity index is 2.00. The molecule has 0 atom stereocenters. The summed E-state index contributed by atoms with van der Waals surface area (Å²) in [5.41, 5.74) is 1.45. The predicted molar refractivity (Wildman–Crippen MR) is 90.5 cm³/mol. The fourth-order valence-corrected chi connectivity index (χ4v) is 2.72. The molecule has 0 radical (unpaired) electrons. The van der Waals surface area contributed by atoms with Gasteiger partial charge in [-0.2, -0.15) is 4.37 Å². The Labute approximate surface area is 137 Å². The molecule has 0 unspecified atom stereocenters. The Morgan fingerprint density at radius 3 is 2.48 bits per heavy atom. The summed E-state index contributed by atoms with van der Waals surface area (Å²) in [7, 11) is 3.19. The maximum Gasteiger partial charge on any atom is 0.332 e. The van der Waals surface area contributed by atoms with Crippen LogP contribution in [0.15, 0.2) is 53.3 Å². The Morgan fingerprint density at radius 2 is 1.78 bits per heavy atom. The summed E-state index contributed by atoms with van der Waals surface area (Å²) < 4.78 is 16.2. The summed E-state index contributed by atoms with van der Waals surface area (Å²) >= 11 is 0.891. The van der Waals surface area contributed by atoms with Crippen LogP contribution in [0.3, 0.4) is 0 Å². The molecule has 7 heteroatoms. The minimum atomic E-state index is -0.174. The van der Waals surface area contributed by atoms with Gasteiger partial charge < -0.3 is 14.8 Å². The van der Waals surface area contributed by atoms with E-state index in [1.807, 2.05) is 36.4 Å². The first-order chi connectivity index (χ1) is 11.2. The summed E-state index contributed by atoms with van der Waals surface area (Å²) in [5.74, 6) is 1.84. The predicted octanol–water partition coefficient (Wildman–Crippen LogP) is 3.05. The van der Waals surface area contributed by atoms with Crippen molar-refractivity contribution >= 4 is 23.2 Å². The summed E-state index contributed by atoms with van der Waals surface area (Å²) in [6, 6.07) is 14.7. The van der Waals surface area contributed by atoms with Crippen LogP contribution in [0.5, 0.6) is 11.5 Å². The zero-order valence-corrected chi connectivity index (χ0v) is 13.5. The van der Waals surface area contributed by atoms with Crippen LogP contribution in [0.4, 0.5) is 11.6 Å². The summed E-state index contributed by atoms with van der Waals surface area (Å²) in [6.07, 6.45) is 0. The van der Waals surface area contributed by atoms with Crippen LogP contribution in [0.25, 0.3) is 5.69 Å². The van der Waals surface area contributed by atoms with Crippen molar-refractivity contribution in [1.82, 2.24) is 8.94 Å². The second kappa shape index (κ2) is 6.53. The van der Waals surface area contributed by atoms with Gasteiger partial charge in [-0.05, 0) is 36.4 Å². The van der Waals surface area contributed by atoms with Crippen LogP contribution in [0.2, 0.25) is 0 Å². The lowest BCUT2D eigenvalue weighted by Gasteiger charge is -2.11. The smallest absolute Gasteiger partial charge is 0.332 e. The SMILES string of the molecule is COc1ccc(-n2c(Nc3ccccc3OC)nsc2=O)cc1. The Kier molecular flexibility index (Phi) is 4.29. The summed E-state index contributed by atoms with van der Waals surface area (Å²) in [5, 5.41) is 3.15. The van der Waals surface area contributed by atoms with Crippen molar-refractivity contribution in [3.63, 3.8) is 0 Å². The van der Waals surface area contributed by atoms with Gasteiger partial charge in [0.15, 0.2) is 0 Å². The Hall–Kier alpha value is -2.80. The van der Waals surface area contributed by atoms with Crippen molar-refractivity contribution < 1.29 is 9.47 Å². The lowest BCUT2D eigenvalue weighted by molar-refractivity contribution is 0.414. The molecular formula is C16H15N3O3S. The standard InChI is InChI=1S/C16H15N3O3S/c1-21-12-9-7-11(8-10-12)19-15(18-23-16(19)20)17-13-5-3-4-6-14(13)22-2/h3-10H,1-2H3,(H,17,18). The lowest BCUT2D eigenvalue weighted by atomic mass is 10.3. The normalized spacial score (nSPS) is 10.3. The number of hydrogen-bond donors (Lipinski definition) is 1. The highest BCUT2D eigenvalue weighted by Crippen LogP contribution is 2.27. The first-order valence-corrected chi connectivity index (χ1v) is 7.63. The molecule has 0 aliphatic rings. The molecule has 0 aliphatic carbocycles. The number of anilines is 2. The van der Waals surface area contributed by atoms with E-state index in [4.69, 9.17) is 9.47 Å². The van der Waals surface area contributed by atoms with Crippen LogP contribution in [0, 0.1) is 0 Å². The van der Waals surface area contributed by atoms with Crippen LogP contribution < -0.4 is 19.7 Å². The first-order valence-electron chi connectivity index (χ1n) is 6.86. The van der Waals surface area contributed by atoms with E-state index < -0.39 is 0 Å². The molecule has 1 heterocycles. The third kappa shape index (κ3) is 3.04. The highest BCUT2D eigenvalue weighted by Gasteiger charge is 2.13. The molecule has 0 amide bonds. The second-order valence-corrected chi connectivity index (χ2v) is 5.35. The van der Waals surface area contributed by atoms with E-state index in [9.17, 15) is 4.79 Å². The Bertz CT molecular complexity index is 856. The largest absolute Gasteiger partial charge is 0.497 e.